The van der Waals surface area contributed by atoms with Crippen molar-refractivity contribution in [3.8, 4) is 23.0 Å². The molecule has 0 aromatic heterocycles. The van der Waals surface area contributed by atoms with E-state index < -0.39 is 11.7 Å². The van der Waals surface area contributed by atoms with Crippen LogP contribution in [0.2, 0.25) is 5.02 Å². The Kier molecular flexibility index (Phi) is 3.72. The molecule has 0 aliphatic carbocycles. The highest BCUT2D eigenvalue weighted by Crippen LogP contribution is 2.44. The van der Waals surface area contributed by atoms with Crippen LogP contribution in [0.3, 0.4) is 0 Å². The zero-order valence-electron chi connectivity index (χ0n) is 10.4. The number of benzene rings is 2. The molecule has 2 aromatic rings. The van der Waals surface area contributed by atoms with Crippen molar-refractivity contribution in [2.75, 3.05) is 0 Å². The Labute approximate surface area is 119 Å². The average Bonchev–Trinajstić information content (AvgIpc) is 2.35. The normalized spacial score (nSPS) is 10.3. The van der Waals surface area contributed by atoms with Crippen molar-refractivity contribution in [1.29, 1.82) is 0 Å². The highest BCUT2D eigenvalue weighted by atomic mass is 35.5. The quantitative estimate of drug-likeness (QED) is 0.806. The minimum Gasteiger partial charge on any atom is -0.504 e. The fourth-order valence-electron chi connectivity index (χ4n) is 1.77. The minimum absolute atomic E-state index is 0.194. The van der Waals surface area contributed by atoms with Crippen molar-refractivity contribution in [3.63, 3.8) is 0 Å². The molecule has 0 unspecified atom stereocenters. The van der Waals surface area contributed by atoms with Crippen LogP contribution in [0.1, 0.15) is 15.9 Å². The standard InChI is InChI=1S/C14H11ClO5/c1-7-6-9(16)13(12(17)11(7)14(18)19)20-10-5-3-2-4-8(10)15/h2-6,16-17H,1H3,(H,18,19). The first-order chi connectivity index (χ1) is 9.41. The third kappa shape index (κ3) is 2.48. The molecule has 0 heterocycles. The Balaban J connectivity index is 2.55. The van der Waals surface area contributed by atoms with Gasteiger partial charge in [-0.2, -0.15) is 0 Å². The van der Waals surface area contributed by atoms with Crippen LogP contribution in [0.25, 0.3) is 0 Å². The van der Waals surface area contributed by atoms with Crippen molar-refractivity contribution in [2.24, 2.45) is 0 Å². The fraction of sp³-hybridized carbons (Fsp3) is 0.0714. The van der Waals surface area contributed by atoms with Gasteiger partial charge in [-0.1, -0.05) is 23.7 Å². The molecule has 0 atom stereocenters. The van der Waals surface area contributed by atoms with Crippen LogP contribution >= 0.6 is 11.6 Å². The van der Waals surface area contributed by atoms with Crippen molar-refractivity contribution in [2.45, 2.75) is 6.92 Å². The van der Waals surface area contributed by atoms with E-state index in [9.17, 15) is 15.0 Å². The lowest BCUT2D eigenvalue weighted by atomic mass is 10.1. The molecule has 0 radical (unpaired) electrons. The Morgan fingerprint density at radius 1 is 1.25 bits per heavy atom. The smallest absolute Gasteiger partial charge is 0.339 e. The number of aryl methyl sites for hydroxylation is 1. The third-order valence-electron chi connectivity index (χ3n) is 2.69. The summed E-state index contributed by atoms with van der Waals surface area (Å²) in [6.45, 7) is 1.46. The summed E-state index contributed by atoms with van der Waals surface area (Å²) in [4.78, 5) is 11.1. The largest absolute Gasteiger partial charge is 0.504 e. The highest BCUT2D eigenvalue weighted by molar-refractivity contribution is 6.32. The number of halogens is 1. The lowest BCUT2D eigenvalue weighted by Crippen LogP contribution is -2.01. The van der Waals surface area contributed by atoms with E-state index in [1.165, 1.54) is 19.1 Å². The maximum atomic E-state index is 11.1. The SMILES string of the molecule is Cc1cc(O)c(Oc2ccccc2Cl)c(O)c1C(=O)O. The number of phenolic OH excluding ortho intramolecular Hbond substituents is 1. The number of ether oxygens (including phenoxy) is 1. The average molecular weight is 295 g/mol. The van der Waals surface area contributed by atoms with Gasteiger partial charge in [-0.3, -0.25) is 0 Å². The number of rotatable bonds is 3. The summed E-state index contributed by atoms with van der Waals surface area (Å²) in [6, 6.07) is 7.64. The van der Waals surface area contributed by atoms with Crippen LogP contribution in [0.4, 0.5) is 0 Å². The molecular weight excluding hydrogens is 284 g/mol. The second-order valence-electron chi connectivity index (χ2n) is 4.10. The summed E-state index contributed by atoms with van der Waals surface area (Å²) >= 11 is 5.91. The van der Waals surface area contributed by atoms with E-state index in [0.29, 0.717) is 0 Å². The second kappa shape index (κ2) is 5.30. The molecule has 0 bridgehead atoms. The summed E-state index contributed by atoms with van der Waals surface area (Å²) < 4.78 is 5.32. The van der Waals surface area contributed by atoms with E-state index in [4.69, 9.17) is 21.4 Å². The van der Waals surface area contributed by atoms with E-state index >= 15 is 0 Å². The second-order valence-corrected chi connectivity index (χ2v) is 4.51. The molecule has 0 fully saturated rings. The van der Waals surface area contributed by atoms with E-state index in [2.05, 4.69) is 0 Å². The summed E-state index contributed by atoms with van der Waals surface area (Å²) in [5.41, 5.74) is -0.108. The van der Waals surface area contributed by atoms with Gasteiger partial charge in [-0.15, -0.1) is 0 Å². The van der Waals surface area contributed by atoms with Gasteiger partial charge in [0.1, 0.15) is 11.3 Å². The van der Waals surface area contributed by atoms with Crippen molar-refractivity contribution in [3.05, 3.63) is 46.5 Å². The van der Waals surface area contributed by atoms with Crippen LogP contribution in [-0.4, -0.2) is 21.3 Å². The van der Waals surface area contributed by atoms with Gasteiger partial charge in [0.05, 0.1) is 5.02 Å². The minimum atomic E-state index is -1.32. The molecule has 5 nitrogen and oxygen atoms in total. The number of aromatic hydroxyl groups is 2. The van der Waals surface area contributed by atoms with E-state index in [-0.39, 0.29) is 33.4 Å². The Morgan fingerprint density at radius 2 is 1.90 bits per heavy atom. The number of hydrogen-bond acceptors (Lipinski definition) is 4. The highest BCUT2D eigenvalue weighted by Gasteiger charge is 2.22. The van der Waals surface area contributed by atoms with Crippen LogP contribution in [0.5, 0.6) is 23.0 Å². The molecule has 2 aromatic carbocycles. The molecule has 0 saturated heterocycles. The van der Waals surface area contributed by atoms with Gasteiger partial charge >= 0.3 is 5.97 Å². The molecule has 104 valence electrons. The van der Waals surface area contributed by atoms with Gasteiger partial charge in [-0.05, 0) is 30.7 Å². The number of carboxylic acid groups (broad SMARTS) is 1. The summed E-state index contributed by atoms with van der Waals surface area (Å²) in [5, 5.41) is 29.1. The molecular formula is C14H11ClO5. The molecule has 0 amide bonds. The fourth-order valence-corrected chi connectivity index (χ4v) is 1.95. The molecule has 3 N–H and O–H groups in total. The van der Waals surface area contributed by atoms with Crippen LogP contribution < -0.4 is 4.74 Å². The van der Waals surface area contributed by atoms with E-state index in [1.807, 2.05) is 0 Å². The number of para-hydroxylation sites is 1. The first-order valence-corrected chi connectivity index (χ1v) is 6.00. The zero-order chi connectivity index (χ0) is 14.9. The number of hydrogen-bond donors (Lipinski definition) is 3. The predicted molar refractivity (Wildman–Crippen MR) is 73.0 cm³/mol. The Morgan fingerprint density at radius 3 is 2.50 bits per heavy atom. The maximum Gasteiger partial charge on any atom is 0.339 e. The summed E-state index contributed by atoms with van der Waals surface area (Å²) in [7, 11) is 0. The number of aromatic carboxylic acids is 1. The predicted octanol–water partition coefficient (Wildman–Crippen LogP) is 3.55. The van der Waals surface area contributed by atoms with E-state index in [1.54, 1.807) is 18.2 Å². The maximum absolute atomic E-state index is 11.1. The van der Waals surface area contributed by atoms with Gasteiger partial charge in [0.15, 0.2) is 11.5 Å². The number of carboxylic acids is 1. The first kappa shape index (κ1) is 14.0. The summed E-state index contributed by atoms with van der Waals surface area (Å²) in [6.07, 6.45) is 0. The zero-order valence-corrected chi connectivity index (χ0v) is 11.2. The van der Waals surface area contributed by atoms with Gasteiger partial charge in [0, 0.05) is 0 Å². The molecule has 2 rings (SSSR count). The van der Waals surface area contributed by atoms with Crippen molar-refractivity contribution < 1.29 is 24.9 Å². The molecule has 0 aliphatic heterocycles. The topological polar surface area (TPSA) is 87.0 Å². The van der Waals surface area contributed by atoms with Crippen LogP contribution in [-0.2, 0) is 0 Å². The van der Waals surface area contributed by atoms with Crippen LogP contribution in [0.15, 0.2) is 30.3 Å². The molecule has 0 aliphatic rings. The number of phenols is 2. The van der Waals surface area contributed by atoms with Crippen molar-refractivity contribution >= 4 is 17.6 Å². The van der Waals surface area contributed by atoms with Gasteiger partial charge in [0.2, 0.25) is 5.75 Å². The Hall–Kier alpha value is -2.40. The summed E-state index contributed by atoms with van der Waals surface area (Å²) in [5.74, 6) is -2.48. The monoisotopic (exact) mass is 294 g/mol. The molecule has 20 heavy (non-hydrogen) atoms. The Bertz CT molecular complexity index is 682. The molecule has 0 spiro atoms. The van der Waals surface area contributed by atoms with Crippen LogP contribution in [0, 0.1) is 6.92 Å². The molecule has 0 saturated carbocycles. The molecule has 6 heteroatoms. The van der Waals surface area contributed by atoms with E-state index in [0.717, 1.165) is 0 Å². The van der Waals surface area contributed by atoms with Crippen molar-refractivity contribution in [1.82, 2.24) is 0 Å². The van der Waals surface area contributed by atoms with Gasteiger partial charge in [0.25, 0.3) is 0 Å². The first-order valence-electron chi connectivity index (χ1n) is 5.63. The van der Waals surface area contributed by atoms with Gasteiger partial charge in [-0.25, -0.2) is 4.79 Å². The number of carbonyl (C=O) groups is 1. The van der Waals surface area contributed by atoms with Gasteiger partial charge < -0.3 is 20.1 Å². The lowest BCUT2D eigenvalue weighted by molar-refractivity contribution is 0.0692. The lowest BCUT2D eigenvalue weighted by Gasteiger charge is -2.13. The third-order valence-corrected chi connectivity index (χ3v) is 3.01.